The number of esters is 1. The Hall–Kier alpha value is -2.62. The fraction of sp³-hybridized carbons (Fsp3) is 0.533. The first-order valence-electron chi connectivity index (χ1n) is 12.8. The molecule has 1 amide bonds. The van der Waals surface area contributed by atoms with Crippen molar-refractivity contribution in [2.24, 2.45) is 23.2 Å². The molecule has 0 spiro atoms. The Morgan fingerprint density at radius 3 is 2.26 bits per heavy atom. The fourth-order valence-corrected chi connectivity index (χ4v) is 4.64. The Labute approximate surface area is 206 Å². The van der Waals surface area contributed by atoms with Crippen molar-refractivity contribution in [2.45, 2.75) is 80.3 Å². The molecule has 5 atom stereocenters. The van der Waals surface area contributed by atoms with Crippen molar-refractivity contribution >= 4 is 17.6 Å². The van der Waals surface area contributed by atoms with E-state index < -0.39 is 5.41 Å². The van der Waals surface area contributed by atoms with Gasteiger partial charge in [-0.15, -0.1) is 0 Å². The van der Waals surface area contributed by atoms with E-state index in [1.54, 1.807) is 0 Å². The van der Waals surface area contributed by atoms with Gasteiger partial charge in [0, 0.05) is 5.69 Å². The molecule has 0 radical (unpaired) electrons. The molecule has 0 aromatic heterocycles. The molecule has 0 aliphatic heterocycles. The Balaban J connectivity index is 0.00000199. The molecule has 34 heavy (non-hydrogen) atoms. The molecule has 1 saturated carbocycles. The zero-order chi connectivity index (χ0) is 25.3. The SMILES string of the molecule is CC.Cc1ccc(NC(=O)C2(C)CC(C)C(C)C(OC(=O)C(C)CCc3ccccc3)C2)cc1. The first kappa shape index (κ1) is 27.6. The summed E-state index contributed by atoms with van der Waals surface area (Å²) in [5.74, 6) is 0.175. The lowest BCUT2D eigenvalue weighted by Crippen LogP contribution is -2.47. The molecule has 0 saturated heterocycles. The Bertz CT molecular complexity index is 908. The van der Waals surface area contributed by atoms with Crippen LogP contribution in [0.3, 0.4) is 0 Å². The van der Waals surface area contributed by atoms with Crippen molar-refractivity contribution in [3.63, 3.8) is 0 Å². The molecule has 4 nitrogen and oxygen atoms in total. The van der Waals surface area contributed by atoms with Crippen molar-refractivity contribution < 1.29 is 14.3 Å². The minimum absolute atomic E-state index is 0.00159. The third kappa shape index (κ3) is 7.44. The lowest BCUT2D eigenvalue weighted by molar-refractivity contribution is -0.165. The van der Waals surface area contributed by atoms with Crippen molar-refractivity contribution in [2.75, 3.05) is 5.32 Å². The molecule has 3 rings (SSSR count). The van der Waals surface area contributed by atoms with Gasteiger partial charge in [0.1, 0.15) is 6.10 Å². The van der Waals surface area contributed by atoms with Gasteiger partial charge in [0.05, 0.1) is 11.3 Å². The van der Waals surface area contributed by atoms with E-state index >= 15 is 0 Å². The molecule has 0 bridgehead atoms. The molecule has 186 valence electrons. The highest BCUT2D eigenvalue weighted by atomic mass is 16.5. The predicted molar refractivity (Wildman–Crippen MR) is 141 cm³/mol. The molecular weight excluding hydrogens is 422 g/mol. The number of nitrogens with one attached hydrogen (secondary N) is 1. The van der Waals surface area contributed by atoms with Crippen LogP contribution in [0.25, 0.3) is 0 Å². The van der Waals surface area contributed by atoms with E-state index in [9.17, 15) is 9.59 Å². The number of carbonyl (C=O) groups excluding carboxylic acids is 2. The highest BCUT2D eigenvalue weighted by Gasteiger charge is 2.46. The summed E-state index contributed by atoms with van der Waals surface area (Å²) in [6.07, 6.45) is 2.69. The number of carbonyl (C=O) groups is 2. The molecule has 1 aliphatic rings. The third-order valence-electron chi connectivity index (χ3n) is 7.14. The third-order valence-corrected chi connectivity index (χ3v) is 7.14. The van der Waals surface area contributed by atoms with Crippen LogP contribution in [0.1, 0.15) is 71.9 Å². The highest BCUT2D eigenvalue weighted by Crippen LogP contribution is 2.44. The zero-order valence-electron chi connectivity index (χ0n) is 22.1. The summed E-state index contributed by atoms with van der Waals surface area (Å²) in [6.45, 7) is 14.2. The van der Waals surface area contributed by atoms with E-state index in [2.05, 4.69) is 31.3 Å². The second-order valence-electron chi connectivity index (χ2n) is 10.0. The first-order valence-corrected chi connectivity index (χ1v) is 12.8. The Kier molecular flexibility index (Phi) is 10.3. The number of aryl methyl sites for hydroxylation is 2. The number of rotatable bonds is 7. The fourth-order valence-electron chi connectivity index (χ4n) is 4.64. The van der Waals surface area contributed by atoms with Gasteiger partial charge < -0.3 is 10.1 Å². The minimum Gasteiger partial charge on any atom is -0.462 e. The van der Waals surface area contributed by atoms with Crippen molar-refractivity contribution in [3.8, 4) is 0 Å². The maximum atomic E-state index is 13.2. The lowest BCUT2D eigenvalue weighted by Gasteiger charge is -2.43. The van der Waals surface area contributed by atoms with E-state index in [-0.39, 0.29) is 35.7 Å². The van der Waals surface area contributed by atoms with Gasteiger partial charge in [-0.2, -0.15) is 0 Å². The summed E-state index contributed by atoms with van der Waals surface area (Å²) in [6, 6.07) is 18.0. The highest BCUT2D eigenvalue weighted by molar-refractivity contribution is 5.95. The largest absolute Gasteiger partial charge is 0.462 e. The smallest absolute Gasteiger partial charge is 0.308 e. The van der Waals surface area contributed by atoms with Crippen LogP contribution in [0.15, 0.2) is 54.6 Å². The van der Waals surface area contributed by atoms with Gasteiger partial charge >= 0.3 is 5.97 Å². The van der Waals surface area contributed by atoms with Gasteiger partial charge in [0.15, 0.2) is 0 Å². The van der Waals surface area contributed by atoms with Gasteiger partial charge in [-0.3, -0.25) is 9.59 Å². The number of amides is 1. The van der Waals surface area contributed by atoms with Crippen LogP contribution in [0.2, 0.25) is 0 Å². The molecular formula is C30H43NO3. The Morgan fingerprint density at radius 1 is 1.03 bits per heavy atom. The monoisotopic (exact) mass is 465 g/mol. The Morgan fingerprint density at radius 2 is 1.65 bits per heavy atom. The summed E-state index contributed by atoms with van der Waals surface area (Å²) in [4.78, 5) is 26.1. The van der Waals surface area contributed by atoms with Crippen LogP contribution >= 0.6 is 0 Å². The standard InChI is InChI=1S/C28H37NO3.C2H6/c1-19-11-15-24(16-12-19)29-27(31)28(5)17-21(3)22(4)25(18-28)32-26(30)20(2)13-14-23-9-7-6-8-10-23;1-2/h6-12,15-16,20-22,25H,13-14,17-18H2,1-5H3,(H,29,31);1-2H3. The van der Waals surface area contributed by atoms with Crippen LogP contribution < -0.4 is 5.32 Å². The number of benzene rings is 2. The molecule has 1 fully saturated rings. The molecule has 4 heteroatoms. The average Bonchev–Trinajstić information content (AvgIpc) is 2.84. The molecule has 2 aromatic carbocycles. The quantitative estimate of drug-likeness (QED) is 0.439. The van der Waals surface area contributed by atoms with Crippen LogP contribution in [0.4, 0.5) is 5.69 Å². The van der Waals surface area contributed by atoms with E-state index in [4.69, 9.17) is 4.74 Å². The van der Waals surface area contributed by atoms with Crippen molar-refractivity contribution in [3.05, 3.63) is 65.7 Å². The summed E-state index contributed by atoms with van der Waals surface area (Å²) in [5.41, 5.74) is 2.61. The number of hydrogen-bond acceptors (Lipinski definition) is 3. The minimum atomic E-state index is -0.574. The molecule has 1 aliphatic carbocycles. The van der Waals surface area contributed by atoms with Crippen molar-refractivity contribution in [1.29, 1.82) is 0 Å². The van der Waals surface area contributed by atoms with Gasteiger partial charge in [0.2, 0.25) is 5.91 Å². The topological polar surface area (TPSA) is 55.4 Å². The number of hydrogen-bond donors (Lipinski definition) is 1. The van der Waals surface area contributed by atoms with Gasteiger partial charge in [-0.25, -0.2) is 0 Å². The van der Waals surface area contributed by atoms with Gasteiger partial charge in [0.25, 0.3) is 0 Å². The second kappa shape index (κ2) is 12.7. The van der Waals surface area contributed by atoms with E-state index in [0.29, 0.717) is 6.42 Å². The first-order chi connectivity index (χ1) is 16.2. The summed E-state index contributed by atoms with van der Waals surface area (Å²) >= 11 is 0. The molecule has 5 unspecified atom stereocenters. The molecule has 2 aromatic rings. The summed E-state index contributed by atoms with van der Waals surface area (Å²) in [7, 11) is 0. The maximum Gasteiger partial charge on any atom is 0.308 e. The van der Waals surface area contributed by atoms with Crippen LogP contribution in [0, 0.1) is 30.1 Å². The molecule has 1 N–H and O–H groups in total. The zero-order valence-corrected chi connectivity index (χ0v) is 22.1. The lowest BCUT2D eigenvalue weighted by atomic mass is 9.65. The van der Waals surface area contributed by atoms with E-state index in [1.165, 1.54) is 5.56 Å². The van der Waals surface area contributed by atoms with Crippen molar-refractivity contribution in [1.82, 2.24) is 0 Å². The van der Waals surface area contributed by atoms with Crippen LogP contribution in [-0.4, -0.2) is 18.0 Å². The molecule has 0 heterocycles. The normalized spacial score (nSPS) is 24.9. The summed E-state index contributed by atoms with van der Waals surface area (Å²) in [5, 5.41) is 3.07. The maximum absolute atomic E-state index is 13.2. The average molecular weight is 466 g/mol. The van der Waals surface area contributed by atoms with E-state index in [0.717, 1.165) is 30.5 Å². The van der Waals surface area contributed by atoms with Crippen LogP contribution in [0.5, 0.6) is 0 Å². The second-order valence-corrected chi connectivity index (χ2v) is 10.0. The number of ether oxygens (including phenoxy) is 1. The number of anilines is 1. The summed E-state index contributed by atoms with van der Waals surface area (Å²) < 4.78 is 6.02. The van der Waals surface area contributed by atoms with Crippen LogP contribution in [-0.2, 0) is 20.7 Å². The van der Waals surface area contributed by atoms with Gasteiger partial charge in [-0.05, 0) is 62.1 Å². The van der Waals surface area contributed by atoms with E-state index in [1.807, 2.05) is 77.1 Å². The van der Waals surface area contributed by atoms with Gasteiger partial charge in [-0.1, -0.05) is 89.6 Å². The predicted octanol–water partition coefficient (Wildman–Crippen LogP) is 7.21.